The molecule has 0 amide bonds. The average molecular weight is 393 g/mol. The number of ether oxygens (including phenoxy) is 1. The first-order valence-electron chi connectivity index (χ1n) is 8.28. The molecule has 3 heterocycles. The van der Waals surface area contributed by atoms with Gasteiger partial charge in [-0.3, -0.25) is 4.79 Å². The Bertz CT molecular complexity index is 1110. The first kappa shape index (κ1) is 17.5. The van der Waals surface area contributed by atoms with Gasteiger partial charge in [0.2, 0.25) is 5.78 Å². The Hall–Kier alpha value is -2.96. The van der Waals surface area contributed by atoms with Crippen LogP contribution in [0.25, 0.3) is 22.6 Å². The summed E-state index contributed by atoms with van der Waals surface area (Å²) in [6.07, 6.45) is 3.46. The van der Waals surface area contributed by atoms with Gasteiger partial charge in [0.1, 0.15) is 0 Å². The van der Waals surface area contributed by atoms with Gasteiger partial charge in [0.05, 0.1) is 5.57 Å². The average Bonchev–Trinajstić information content (AvgIpc) is 3.45. The Labute approximate surface area is 163 Å². The molecule has 134 valence electrons. The quantitative estimate of drug-likeness (QED) is 0.276. The number of fused-ring (bicyclic) bond motifs is 1. The number of nitrogens with one attached hydrogen (secondary N) is 1. The predicted octanol–water partition coefficient (Wildman–Crippen LogP) is 5.26. The number of aromatic amines is 1. The van der Waals surface area contributed by atoms with E-state index >= 15 is 0 Å². The van der Waals surface area contributed by atoms with Crippen LogP contribution < -0.4 is 0 Å². The molecule has 0 atom stereocenters. The Morgan fingerprint density at radius 3 is 2.59 bits per heavy atom. The Morgan fingerprint density at radius 2 is 1.81 bits per heavy atom. The number of hydrogen-bond acceptors (Lipinski definition) is 5. The van der Waals surface area contributed by atoms with Gasteiger partial charge in [-0.1, -0.05) is 30.3 Å². The maximum absolute atomic E-state index is 12.7. The zero-order chi connectivity index (χ0) is 18.6. The van der Waals surface area contributed by atoms with Crippen molar-refractivity contribution in [1.29, 1.82) is 0 Å². The van der Waals surface area contributed by atoms with Crippen LogP contribution in [0.2, 0.25) is 0 Å². The third-order valence-electron chi connectivity index (χ3n) is 4.06. The fourth-order valence-electron chi connectivity index (χ4n) is 2.77. The molecule has 4 rings (SSSR count). The summed E-state index contributed by atoms with van der Waals surface area (Å²) in [7, 11) is 0. The van der Waals surface area contributed by atoms with Crippen LogP contribution in [0.5, 0.6) is 0 Å². The van der Waals surface area contributed by atoms with E-state index in [1.54, 1.807) is 12.3 Å². The number of carbonyl (C=O) groups excluding carboxylic acids is 2. The molecule has 27 heavy (non-hydrogen) atoms. The third-order valence-corrected chi connectivity index (χ3v) is 5.78. The molecule has 4 aromatic rings. The molecule has 6 heteroatoms. The third kappa shape index (κ3) is 3.77. The van der Waals surface area contributed by atoms with Gasteiger partial charge in [0.25, 0.3) is 0 Å². The highest BCUT2D eigenvalue weighted by Crippen LogP contribution is 2.26. The van der Waals surface area contributed by atoms with Crippen LogP contribution in [0.3, 0.4) is 0 Å². The number of Topliss-reactive ketones (excluding diaryl/α,β-unsaturated/α-hetero) is 1. The molecule has 0 radical (unpaired) electrons. The Kier molecular flexibility index (Phi) is 5.00. The normalized spacial score (nSPS) is 11.6. The summed E-state index contributed by atoms with van der Waals surface area (Å²) in [5.41, 5.74) is 1.86. The smallest absolute Gasteiger partial charge is 0.340 e. The maximum atomic E-state index is 12.7. The molecule has 1 aromatic carbocycles. The highest BCUT2D eigenvalue weighted by Gasteiger charge is 2.18. The SMILES string of the molecule is O=C(OCC(=O)c1c[nH]c2ccccc12)C(=Cc1cccs1)c1cccs1. The first-order valence-corrected chi connectivity index (χ1v) is 10.0. The van der Waals surface area contributed by atoms with Crippen molar-refractivity contribution in [2.45, 2.75) is 0 Å². The topological polar surface area (TPSA) is 59.2 Å². The van der Waals surface area contributed by atoms with Gasteiger partial charge in [-0.15, -0.1) is 22.7 Å². The van der Waals surface area contributed by atoms with E-state index in [1.165, 1.54) is 22.7 Å². The molecule has 0 fully saturated rings. The lowest BCUT2D eigenvalue weighted by atomic mass is 10.1. The molecular weight excluding hydrogens is 378 g/mol. The van der Waals surface area contributed by atoms with Gasteiger partial charge in [-0.05, 0) is 35.0 Å². The van der Waals surface area contributed by atoms with Crippen LogP contribution >= 0.6 is 22.7 Å². The van der Waals surface area contributed by atoms with Crippen molar-refractivity contribution in [3.63, 3.8) is 0 Å². The zero-order valence-electron chi connectivity index (χ0n) is 14.2. The number of benzene rings is 1. The standard InChI is InChI=1S/C21H15NO3S2/c23-19(17-12-22-18-7-2-1-6-15(17)18)13-25-21(24)16(20-8-4-10-27-20)11-14-5-3-9-26-14/h1-12,22H,13H2. The molecule has 3 aromatic heterocycles. The first-order chi connectivity index (χ1) is 13.2. The van der Waals surface area contributed by atoms with Crippen LogP contribution in [0.15, 0.2) is 65.5 Å². The number of rotatable bonds is 6. The lowest BCUT2D eigenvalue weighted by Gasteiger charge is -2.06. The highest BCUT2D eigenvalue weighted by atomic mass is 32.1. The molecule has 0 aliphatic carbocycles. The summed E-state index contributed by atoms with van der Waals surface area (Å²) >= 11 is 3.00. The van der Waals surface area contributed by atoms with Crippen molar-refractivity contribution < 1.29 is 14.3 Å². The van der Waals surface area contributed by atoms with Crippen LogP contribution in [-0.2, 0) is 9.53 Å². The largest absolute Gasteiger partial charge is 0.454 e. The van der Waals surface area contributed by atoms with Gasteiger partial charge >= 0.3 is 5.97 Å². The van der Waals surface area contributed by atoms with Crippen LogP contribution in [-0.4, -0.2) is 23.3 Å². The number of ketones is 1. The van der Waals surface area contributed by atoms with Crippen LogP contribution in [0.4, 0.5) is 0 Å². The minimum absolute atomic E-state index is 0.234. The van der Waals surface area contributed by atoms with E-state index in [-0.39, 0.29) is 12.4 Å². The monoisotopic (exact) mass is 393 g/mol. The van der Waals surface area contributed by atoms with E-state index in [0.29, 0.717) is 11.1 Å². The summed E-state index contributed by atoms with van der Waals surface area (Å²) in [5.74, 6) is -0.735. The van der Waals surface area contributed by atoms with E-state index in [4.69, 9.17) is 4.74 Å². The summed E-state index contributed by atoms with van der Waals surface area (Å²) < 4.78 is 5.35. The second kappa shape index (κ2) is 7.73. The van der Waals surface area contributed by atoms with Crippen molar-refractivity contribution in [2.75, 3.05) is 6.61 Å². The van der Waals surface area contributed by atoms with E-state index < -0.39 is 5.97 Å². The van der Waals surface area contributed by atoms with Crippen molar-refractivity contribution >= 4 is 57.0 Å². The maximum Gasteiger partial charge on any atom is 0.340 e. The predicted molar refractivity (Wildman–Crippen MR) is 110 cm³/mol. The molecule has 0 saturated carbocycles. The van der Waals surface area contributed by atoms with Crippen LogP contribution in [0, 0.1) is 0 Å². The molecule has 0 saturated heterocycles. The lowest BCUT2D eigenvalue weighted by molar-refractivity contribution is -0.135. The second-order valence-electron chi connectivity index (χ2n) is 5.80. The molecule has 0 spiro atoms. The number of aromatic nitrogens is 1. The molecule has 0 unspecified atom stereocenters. The summed E-state index contributed by atoms with van der Waals surface area (Å²) in [5, 5.41) is 4.68. The molecule has 0 bridgehead atoms. The summed E-state index contributed by atoms with van der Waals surface area (Å²) in [6, 6.07) is 15.1. The Morgan fingerprint density at radius 1 is 1.00 bits per heavy atom. The Balaban J connectivity index is 1.52. The second-order valence-corrected chi connectivity index (χ2v) is 7.72. The fourth-order valence-corrected chi connectivity index (χ4v) is 4.15. The molecular formula is C21H15NO3S2. The van der Waals surface area contributed by atoms with E-state index in [2.05, 4.69) is 4.98 Å². The van der Waals surface area contributed by atoms with Crippen molar-refractivity contribution in [2.24, 2.45) is 0 Å². The fraction of sp³-hybridized carbons (Fsp3) is 0.0476. The number of para-hydroxylation sites is 1. The zero-order valence-corrected chi connectivity index (χ0v) is 15.8. The van der Waals surface area contributed by atoms with Gasteiger partial charge in [-0.2, -0.15) is 0 Å². The number of carbonyl (C=O) groups is 2. The number of hydrogen-bond donors (Lipinski definition) is 1. The molecule has 0 aliphatic rings. The lowest BCUT2D eigenvalue weighted by Crippen LogP contribution is -2.14. The minimum atomic E-state index is -0.501. The van der Waals surface area contributed by atoms with E-state index in [1.807, 2.05) is 59.3 Å². The van der Waals surface area contributed by atoms with Gasteiger partial charge in [-0.25, -0.2) is 4.79 Å². The van der Waals surface area contributed by atoms with Crippen molar-refractivity contribution in [3.05, 3.63) is 80.8 Å². The summed E-state index contributed by atoms with van der Waals surface area (Å²) in [6.45, 7) is -0.298. The van der Waals surface area contributed by atoms with Crippen molar-refractivity contribution in [1.82, 2.24) is 4.98 Å². The number of esters is 1. The van der Waals surface area contributed by atoms with Crippen molar-refractivity contribution in [3.8, 4) is 0 Å². The molecule has 4 nitrogen and oxygen atoms in total. The van der Waals surface area contributed by atoms with Crippen LogP contribution in [0.1, 0.15) is 20.1 Å². The number of H-pyrrole nitrogens is 1. The minimum Gasteiger partial charge on any atom is -0.454 e. The number of thiophene rings is 2. The van der Waals surface area contributed by atoms with Gasteiger partial charge < -0.3 is 9.72 Å². The van der Waals surface area contributed by atoms with Gasteiger partial charge in [0.15, 0.2) is 6.61 Å². The summed E-state index contributed by atoms with van der Waals surface area (Å²) in [4.78, 5) is 30.0. The van der Waals surface area contributed by atoms with E-state index in [0.717, 1.165) is 20.7 Å². The molecule has 1 N–H and O–H groups in total. The molecule has 0 aliphatic heterocycles. The highest BCUT2D eigenvalue weighted by molar-refractivity contribution is 7.12. The van der Waals surface area contributed by atoms with Gasteiger partial charge in [0, 0.05) is 32.4 Å². The van der Waals surface area contributed by atoms with E-state index in [9.17, 15) is 9.59 Å².